The normalized spacial score (nSPS) is 13.1. The van der Waals surface area contributed by atoms with Crippen LogP contribution in [0, 0.1) is 11.8 Å². The molecule has 1 unspecified atom stereocenters. The van der Waals surface area contributed by atoms with Crippen LogP contribution in [0.1, 0.15) is 41.0 Å². The molecule has 0 aliphatic heterocycles. The van der Waals surface area contributed by atoms with Crippen molar-refractivity contribution in [2.75, 3.05) is 13.1 Å². The quantitative estimate of drug-likeness (QED) is 0.644. The molecule has 0 aliphatic rings. The molecule has 2 heteroatoms. The van der Waals surface area contributed by atoms with Gasteiger partial charge >= 0.3 is 0 Å². The monoisotopic (exact) mass is 185 g/mol. The van der Waals surface area contributed by atoms with Crippen LogP contribution in [0.3, 0.4) is 0 Å². The molecule has 0 aromatic rings. The fraction of sp³-hybridized carbons (Fsp3) is 0.909. The van der Waals surface area contributed by atoms with E-state index in [1.54, 1.807) is 0 Å². The number of nitrogens with zero attached hydrogens (tertiary/aromatic N) is 1. The molecule has 0 aromatic carbocycles. The fourth-order valence-corrected chi connectivity index (χ4v) is 1.22. The van der Waals surface area contributed by atoms with E-state index in [1.807, 2.05) is 18.7 Å². The lowest BCUT2D eigenvalue weighted by Gasteiger charge is -2.22. The summed E-state index contributed by atoms with van der Waals surface area (Å²) in [4.78, 5) is 13.5. The molecule has 2 nitrogen and oxygen atoms in total. The van der Waals surface area contributed by atoms with E-state index in [4.69, 9.17) is 0 Å². The maximum absolute atomic E-state index is 11.6. The van der Waals surface area contributed by atoms with E-state index in [0.29, 0.717) is 24.2 Å². The van der Waals surface area contributed by atoms with E-state index in [2.05, 4.69) is 20.8 Å². The highest BCUT2D eigenvalue weighted by atomic mass is 16.2. The summed E-state index contributed by atoms with van der Waals surface area (Å²) < 4.78 is 0. The molecule has 1 amide bonds. The maximum Gasteiger partial charge on any atom is 0.222 e. The number of hydrogen-bond acceptors (Lipinski definition) is 1. The zero-order valence-corrected chi connectivity index (χ0v) is 9.63. The summed E-state index contributed by atoms with van der Waals surface area (Å²) in [6, 6.07) is 0. The van der Waals surface area contributed by atoms with Gasteiger partial charge in [0.05, 0.1) is 0 Å². The first-order valence-electron chi connectivity index (χ1n) is 5.30. The van der Waals surface area contributed by atoms with Crippen LogP contribution in [0.25, 0.3) is 0 Å². The van der Waals surface area contributed by atoms with Gasteiger partial charge in [0.1, 0.15) is 0 Å². The van der Waals surface area contributed by atoms with Crippen molar-refractivity contribution in [3.05, 3.63) is 0 Å². The Kier molecular flexibility index (Phi) is 5.76. The van der Waals surface area contributed by atoms with Crippen LogP contribution >= 0.6 is 0 Å². The number of rotatable bonds is 5. The molecule has 0 N–H and O–H groups in total. The second kappa shape index (κ2) is 6.01. The molecule has 0 aromatic heterocycles. The molecule has 0 radical (unpaired) electrons. The Morgan fingerprint density at radius 2 is 1.62 bits per heavy atom. The molecule has 0 saturated carbocycles. The number of carbonyl (C=O) groups excluding carboxylic acids is 1. The lowest BCUT2D eigenvalue weighted by Crippen LogP contribution is -2.32. The van der Waals surface area contributed by atoms with Crippen molar-refractivity contribution < 1.29 is 4.79 Å². The first kappa shape index (κ1) is 12.5. The molecular weight excluding hydrogens is 162 g/mol. The summed E-state index contributed by atoms with van der Waals surface area (Å²) in [5.41, 5.74) is 0. The van der Waals surface area contributed by atoms with Gasteiger partial charge in [-0.1, -0.05) is 20.8 Å². The van der Waals surface area contributed by atoms with Crippen molar-refractivity contribution in [3.8, 4) is 0 Å². The summed E-state index contributed by atoms with van der Waals surface area (Å²) in [7, 11) is 0. The average molecular weight is 185 g/mol. The summed E-state index contributed by atoms with van der Waals surface area (Å²) in [5.74, 6) is 1.39. The summed E-state index contributed by atoms with van der Waals surface area (Å²) in [5, 5.41) is 0. The predicted molar refractivity (Wildman–Crippen MR) is 56.5 cm³/mol. The van der Waals surface area contributed by atoms with Gasteiger partial charge in [0.25, 0.3) is 0 Å². The minimum atomic E-state index is 0.297. The van der Waals surface area contributed by atoms with Gasteiger partial charge < -0.3 is 4.90 Å². The van der Waals surface area contributed by atoms with Crippen LogP contribution in [0.4, 0.5) is 0 Å². The van der Waals surface area contributed by atoms with E-state index in [-0.39, 0.29) is 0 Å². The van der Waals surface area contributed by atoms with Crippen LogP contribution in [-0.2, 0) is 4.79 Å². The minimum absolute atomic E-state index is 0.297. The van der Waals surface area contributed by atoms with Gasteiger partial charge in [-0.05, 0) is 25.7 Å². The van der Waals surface area contributed by atoms with Crippen LogP contribution < -0.4 is 0 Å². The van der Waals surface area contributed by atoms with Crippen LogP contribution in [0.5, 0.6) is 0 Å². The molecule has 78 valence electrons. The van der Waals surface area contributed by atoms with Crippen molar-refractivity contribution in [1.82, 2.24) is 4.90 Å². The first-order chi connectivity index (χ1) is 6.02. The maximum atomic E-state index is 11.6. The second-order valence-electron chi connectivity index (χ2n) is 3.99. The lowest BCUT2D eigenvalue weighted by molar-refractivity contribution is -0.132. The van der Waals surface area contributed by atoms with Gasteiger partial charge in [-0.3, -0.25) is 4.79 Å². The fourth-order valence-electron chi connectivity index (χ4n) is 1.22. The Morgan fingerprint density at radius 3 is 1.92 bits per heavy atom. The first-order valence-corrected chi connectivity index (χ1v) is 5.30. The van der Waals surface area contributed by atoms with Crippen molar-refractivity contribution >= 4 is 5.91 Å². The Hall–Kier alpha value is -0.530. The highest BCUT2D eigenvalue weighted by Gasteiger charge is 2.15. The van der Waals surface area contributed by atoms with Gasteiger partial charge in [0, 0.05) is 19.5 Å². The van der Waals surface area contributed by atoms with Crippen LogP contribution in [0.15, 0.2) is 0 Å². The van der Waals surface area contributed by atoms with Gasteiger partial charge in [0.15, 0.2) is 0 Å². The smallest absolute Gasteiger partial charge is 0.222 e. The van der Waals surface area contributed by atoms with Crippen molar-refractivity contribution in [1.29, 1.82) is 0 Å². The van der Waals surface area contributed by atoms with Crippen molar-refractivity contribution in [2.45, 2.75) is 41.0 Å². The van der Waals surface area contributed by atoms with E-state index in [9.17, 15) is 4.79 Å². The molecule has 0 saturated heterocycles. The zero-order chi connectivity index (χ0) is 10.4. The van der Waals surface area contributed by atoms with Crippen LogP contribution in [-0.4, -0.2) is 23.9 Å². The minimum Gasteiger partial charge on any atom is -0.343 e. The zero-order valence-electron chi connectivity index (χ0n) is 9.63. The Labute approximate surface area is 82.3 Å². The average Bonchev–Trinajstić information content (AvgIpc) is 2.06. The molecule has 13 heavy (non-hydrogen) atoms. The van der Waals surface area contributed by atoms with Gasteiger partial charge in [-0.2, -0.15) is 0 Å². The second-order valence-corrected chi connectivity index (χ2v) is 3.99. The largest absolute Gasteiger partial charge is 0.343 e. The van der Waals surface area contributed by atoms with Crippen LogP contribution in [0.2, 0.25) is 0 Å². The summed E-state index contributed by atoms with van der Waals surface area (Å²) >= 11 is 0. The molecule has 0 aliphatic carbocycles. The standard InChI is InChI=1S/C11H23NO/c1-6-12(7-2)11(13)8-10(5)9(3)4/h9-10H,6-8H2,1-5H3. The summed E-state index contributed by atoms with van der Waals surface area (Å²) in [6.45, 7) is 12.2. The Bertz CT molecular complexity index is 150. The number of carbonyl (C=O) groups is 1. The molecule has 0 spiro atoms. The Morgan fingerprint density at radius 1 is 1.15 bits per heavy atom. The van der Waals surface area contributed by atoms with E-state index < -0.39 is 0 Å². The van der Waals surface area contributed by atoms with Crippen molar-refractivity contribution in [3.63, 3.8) is 0 Å². The Balaban J connectivity index is 3.98. The lowest BCUT2D eigenvalue weighted by atomic mass is 9.94. The topological polar surface area (TPSA) is 20.3 Å². The predicted octanol–water partition coefficient (Wildman–Crippen LogP) is 2.54. The number of amides is 1. The highest BCUT2D eigenvalue weighted by molar-refractivity contribution is 5.76. The van der Waals surface area contributed by atoms with Gasteiger partial charge in [-0.15, -0.1) is 0 Å². The number of hydrogen-bond donors (Lipinski definition) is 0. The third-order valence-corrected chi connectivity index (χ3v) is 2.75. The molecule has 0 fully saturated rings. The van der Waals surface area contributed by atoms with Crippen molar-refractivity contribution in [2.24, 2.45) is 11.8 Å². The van der Waals surface area contributed by atoms with Gasteiger partial charge in [-0.25, -0.2) is 0 Å². The SMILES string of the molecule is CCN(CC)C(=O)CC(C)C(C)C. The third-order valence-electron chi connectivity index (χ3n) is 2.75. The van der Waals surface area contributed by atoms with E-state index in [0.717, 1.165) is 13.1 Å². The molecule has 1 atom stereocenters. The molecule has 0 heterocycles. The van der Waals surface area contributed by atoms with E-state index in [1.165, 1.54) is 0 Å². The van der Waals surface area contributed by atoms with Gasteiger partial charge in [0.2, 0.25) is 5.91 Å². The van der Waals surface area contributed by atoms with E-state index >= 15 is 0 Å². The molecular formula is C11H23NO. The third kappa shape index (κ3) is 4.30. The summed E-state index contributed by atoms with van der Waals surface area (Å²) in [6.07, 6.45) is 0.694. The highest BCUT2D eigenvalue weighted by Crippen LogP contribution is 2.15. The molecule has 0 rings (SSSR count). The molecule has 0 bridgehead atoms.